The van der Waals surface area contributed by atoms with E-state index in [1.165, 1.54) is 0 Å². The molecule has 2 rings (SSSR count). The van der Waals surface area contributed by atoms with E-state index in [4.69, 9.17) is 4.74 Å². The van der Waals surface area contributed by atoms with Crippen LogP contribution in [0.4, 0.5) is 4.79 Å². The Hall–Kier alpha value is -1.43. The fourth-order valence-corrected chi connectivity index (χ4v) is 3.11. The van der Waals surface area contributed by atoms with Gasteiger partial charge in [0.25, 0.3) is 0 Å². The lowest BCUT2D eigenvalue weighted by molar-refractivity contribution is -0.131. The van der Waals surface area contributed by atoms with Gasteiger partial charge in [-0.05, 0) is 27.8 Å². The van der Waals surface area contributed by atoms with Crippen molar-refractivity contribution in [3.8, 4) is 0 Å². The topological polar surface area (TPSA) is 66.9 Å². The van der Waals surface area contributed by atoms with E-state index in [1.54, 1.807) is 4.90 Å². The fourth-order valence-electron chi connectivity index (χ4n) is 3.11. The number of ether oxygens (including phenoxy) is 1. The number of piperidine rings is 2. The van der Waals surface area contributed by atoms with Crippen LogP contribution >= 0.6 is 0 Å². The highest BCUT2D eigenvalue weighted by molar-refractivity contribution is 5.87. The summed E-state index contributed by atoms with van der Waals surface area (Å²) in [5.41, 5.74) is -0.587. The van der Waals surface area contributed by atoms with E-state index in [1.807, 2.05) is 27.8 Å². The first kappa shape index (κ1) is 16.9. The molecule has 0 N–H and O–H groups in total. The number of hydrogen-bond donors (Lipinski definition) is 0. The van der Waals surface area contributed by atoms with E-state index in [0.717, 1.165) is 6.54 Å². The lowest BCUT2D eigenvalue weighted by Gasteiger charge is -2.42. The van der Waals surface area contributed by atoms with Crippen molar-refractivity contribution in [3.05, 3.63) is 0 Å². The number of likely N-dealkylation sites (tertiary alicyclic amines) is 2. The number of nitrogens with zero attached hydrogens (tertiary/aromatic N) is 2. The van der Waals surface area contributed by atoms with Gasteiger partial charge in [0.05, 0.1) is 12.0 Å². The zero-order valence-electron chi connectivity index (χ0n) is 13.9. The molecule has 0 radical (unpaired) electrons. The molecule has 0 aromatic carbocycles. The Labute approximate surface area is 131 Å². The molecule has 0 spiro atoms. The molecule has 0 bridgehead atoms. The SMILES string of the molecule is CN1CCC(=O)C(C2CC(=O)CCN2C(=O)OC(C)(C)C)C1. The van der Waals surface area contributed by atoms with E-state index in [0.29, 0.717) is 25.9 Å². The van der Waals surface area contributed by atoms with Gasteiger partial charge in [-0.3, -0.25) is 9.59 Å². The predicted octanol–water partition coefficient (Wildman–Crippen LogP) is 1.48. The van der Waals surface area contributed by atoms with Gasteiger partial charge in [-0.25, -0.2) is 4.79 Å². The molecule has 6 heteroatoms. The number of rotatable bonds is 1. The van der Waals surface area contributed by atoms with Crippen LogP contribution < -0.4 is 0 Å². The summed E-state index contributed by atoms with van der Waals surface area (Å²) in [7, 11) is 1.96. The van der Waals surface area contributed by atoms with E-state index in [9.17, 15) is 14.4 Å². The molecule has 124 valence electrons. The normalized spacial score (nSPS) is 27.9. The number of hydrogen-bond acceptors (Lipinski definition) is 5. The van der Waals surface area contributed by atoms with Gasteiger partial charge in [0.2, 0.25) is 0 Å². The van der Waals surface area contributed by atoms with Crippen LogP contribution in [0.5, 0.6) is 0 Å². The summed E-state index contributed by atoms with van der Waals surface area (Å²) in [6.45, 7) is 7.11. The predicted molar refractivity (Wildman–Crippen MR) is 81.6 cm³/mol. The van der Waals surface area contributed by atoms with Crippen LogP contribution in [0.25, 0.3) is 0 Å². The molecule has 2 heterocycles. The maximum Gasteiger partial charge on any atom is 0.410 e. The van der Waals surface area contributed by atoms with Crippen LogP contribution in [0.3, 0.4) is 0 Å². The van der Waals surface area contributed by atoms with Crippen molar-refractivity contribution in [1.82, 2.24) is 9.80 Å². The third kappa shape index (κ3) is 4.06. The average molecular weight is 310 g/mol. The average Bonchev–Trinajstić information content (AvgIpc) is 2.39. The van der Waals surface area contributed by atoms with Crippen LogP contribution in [-0.4, -0.2) is 65.8 Å². The number of ketones is 2. The number of carbonyl (C=O) groups is 3. The van der Waals surface area contributed by atoms with Gasteiger partial charge in [-0.15, -0.1) is 0 Å². The van der Waals surface area contributed by atoms with Crippen molar-refractivity contribution in [2.45, 2.75) is 51.7 Å². The highest BCUT2D eigenvalue weighted by atomic mass is 16.6. The number of amides is 1. The Morgan fingerprint density at radius 1 is 1.18 bits per heavy atom. The largest absolute Gasteiger partial charge is 0.444 e. The Morgan fingerprint density at radius 3 is 2.50 bits per heavy atom. The maximum absolute atomic E-state index is 12.4. The quantitative estimate of drug-likeness (QED) is 0.734. The molecule has 2 aliphatic rings. The van der Waals surface area contributed by atoms with Crippen molar-refractivity contribution in [2.75, 3.05) is 26.7 Å². The monoisotopic (exact) mass is 310 g/mol. The zero-order valence-corrected chi connectivity index (χ0v) is 13.9. The lowest BCUT2D eigenvalue weighted by Crippen LogP contribution is -2.56. The number of Topliss-reactive ketones (excluding diaryl/α,β-unsaturated/α-hetero) is 2. The molecule has 1 amide bonds. The highest BCUT2D eigenvalue weighted by Gasteiger charge is 2.42. The summed E-state index contributed by atoms with van der Waals surface area (Å²) in [6, 6.07) is -0.369. The Kier molecular flexibility index (Phi) is 4.90. The first-order valence-electron chi connectivity index (χ1n) is 7.90. The van der Waals surface area contributed by atoms with Crippen molar-refractivity contribution in [2.24, 2.45) is 5.92 Å². The third-order valence-electron chi connectivity index (χ3n) is 4.22. The van der Waals surface area contributed by atoms with Crippen LogP contribution in [0, 0.1) is 5.92 Å². The first-order valence-corrected chi connectivity index (χ1v) is 7.90. The number of carbonyl (C=O) groups excluding carboxylic acids is 3. The van der Waals surface area contributed by atoms with E-state index >= 15 is 0 Å². The molecule has 2 saturated heterocycles. The zero-order chi connectivity index (χ0) is 16.5. The molecule has 6 nitrogen and oxygen atoms in total. The van der Waals surface area contributed by atoms with Gasteiger partial charge in [0.1, 0.15) is 17.2 Å². The van der Waals surface area contributed by atoms with Crippen LogP contribution in [0.2, 0.25) is 0 Å². The molecular weight excluding hydrogens is 284 g/mol. The van der Waals surface area contributed by atoms with E-state index in [2.05, 4.69) is 4.90 Å². The van der Waals surface area contributed by atoms with Crippen molar-refractivity contribution < 1.29 is 19.1 Å². The van der Waals surface area contributed by atoms with Crippen molar-refractivity contribution in [1.29, 1.82) is 0 Å². The van der Waals surface area contributed by atoms with Gasteiger partial charge in [-0.2, -0.15) is 0 Å². The van der Waals surface area contributed by atoms with Crippen LogP contribution in [0.1, 0.15) is 40.0 Å². The Morgan fingerprint density at radius 2 is 1.86 bits per heavy atom. The Bertz CT molecular complexity index is 469. The summed E-state index contributed by atoms with van der Waals surface area (Å²) in [5.74, 6) is -0.0345. The molecule has 2 aliphatic heterocycles. The minimum Gasteiger partial charge on any atom is -0.444 e. The first-order chi connectivity index (χ1) is 10.2. The van der Waals surface area contributed by atoms with Gasteiger partial charge in [0, 0.05) is 38.9 Å². The van der Waals surface area contributed by atoms with Gasteiger partial charge >= 0.3 is 6.09 Å². The maximum atomic E-state index is 12.4. The molecule has 2 fully saturated rings. The molecule has 22 heavy (non-hydrogen) atoms. The smallest absolute Gasteiger partial charge is 0.410 e. The lowest BCUT2D eigenvalue weighted by atomic mass is 9.83. The summed E-state index contributed by atoms with van der Waals surface area (Å²) in [5, 5.41) is 0. The highest BCUT2D eigenvalue weighted by Crippen LogP contribution is 2.27. The minimum atomic E-state index is -0.587. The summed E-state index contributed by atoms with van der Waals surface area (Å²) in [6.07, 6.45) is 0.648. The summed E-state index contributed by atoms with van der Waals surface area (Å²) in [4.78, 5) is 40.2. The molecule has 0 aromatic heterocycles. The second kappa shape index (κ2) is 6.36. The molecule has 0 saturated carbocycles. The summed E-state index contributed by atoms with van der Waals surface area (Å²) < 4.78 is 5.45. The fraction of sp³-hybridized carbons (Fsp3) is 0.812. The van der Waals surface area contributed by atoms with Crippen molar-refractivity contribution >= 4 is 17.7 Å². The van der Waals surface area contributed by atoms with Gasteiger partial charge in [-0.1, -0.05) is 0 Å². The second-order valence-electron chi connectivity index (χ2n) is 7.32. The Balaban J connectivity index is 2.17. The standard InChI is InChI=1S/C16H26N2O4/c1-16(2,3)22-15(21)18-8-5-11(19)9-13(18)12-10-17(4)7-6-14(12)20/h12-13H,5-10H2,1-4H3. The van der Waals surface area contributed by atoms with Gasteiger partial charge in [0.15, 0.2) is 0 Å². The third-order valence-corrected chi connectivity index (χ3v) is 4.22. The van der Waals surface area contributed by atoms with Gasteiger partial charge < -0.3 is 14.5 Å². The second-order valence-corrected chi connectivity index (χ2v) is 7.32. The molecule has 0 aromatic rings. The van der Waals surface area contributed by atoms with Crippen molar-refractivity contribution in [3.63, 3.8) is 0 Å². The summed E-state index contributed by atoms with van der Waals surface area (Å²) >= 11 is 0. The van der Waals surface area contributed by atoms with E-state index in [-0.39, 0.29) is 29.9 Å². The minimum absolute atomic E-state index is 0.117. The molecular formula is C16H26N2O4. The van der Waals surface area contributed by atoms with Crippen LogP contribution in [0.15, 0.2) is 0 Å². The molecule has 2 unspecified atom stereocenters. The molecule has 0 aliphatic carbocycles. The van der Waals surface area contributed by atoms with Crippen LogP contribution in [-0.2, 0) is 14.3 Å². The van der Waals surface area contributed by atoms with E-state index < -0.39 is 11.7 Å². The molecule has 2 atom stereocenters.